The maximum atomic E-state index is 6.50. The highest BCUT2D eigenvalue weighted by atomic mass is 16.3. The van der Waals surface area contributed by atoms with Gasteiger partial charge < -0.3 is 4.42 Å². The number of hydrogen-bond donors (Lipinski definition) is 0. The fourth-order valence-electron chi connectivity index (χ4n) is 6.19. The Kier molecular flexibility index (Phi) is 4.87. The molecule has 0 aliphatic rings. The van der Waals surface area contributed by atoms with Gasteiger partial charge in [0.15, 0.2) is 5.82 Å². The van der Waals surface area contributed by atoms with Crippen LogP contribution in [0.4, 0.5) is 0 Å². The molecular weight excluding hydrogens is 514 g/mol. The van der Waals surface area contributed by atoms with Gasteiger partial charge in [-0.05, 0) is 35.0 Å². The van der Waals surface area contributed by atoms with Crippen molar-refractivity contribution in [2.75, 3.05) is 0 Å². The van der Waals surface area contributed by atoms with Crippen LogP contribution in [0.1, 0.15) is 0 Å². The number of nitrogens with zero attached hydrogens (tertiary/aromatic N) is 3. The minimum Gasteiger partial charge on any atom is -0.456 e. The van der Waals surface area contributed by atoms with Crippen LogP contribution < -0.4 is 0 Å². The Balaban J connectivity index is 1.37. The highest BCUT2D eigenvalue weighted by Gasteiger charge is 2.19. The van der Waals surface area contributed by atoms with Crippen molar-refractivity contribution in [1.82, 2.24) is 14.5 Å². The maximum Gasteiger partial charge on any atom is 0.162 e. The predicted octanol–water partition coefficient (Wildman–Crippen LogP) is 9.96. The van der Waals surface area contributed by atoms with Gasteiger partial charge in [0.2, 0.25) is 0 Å². The topological polar surface area (TPSA) is 43.9 Å². The second kappa shape index (κ2) is 8.88. The largest absolute Gasteiger partial charge is 0.456 e. The molecule has 0 saturated carbocycles. The smallest absolute Gasteiger partial charge is 0.162 e. The Labute approximate surface area is 241 Å². The zero-order chi connectivity index (χ0) is 27.6. The Morgan fingerprint density at radius 1 is 0.452 bits per heavy atom. The van der Waals surface area contributed by atoms with E-state index in [0.29, 0.717) is 5.82 Å². The van der Waals surface area contributed by atoms with Gasteiger partial charge in [0.1, 0.15) is 17.0 Å². The van der Waals surface area contributed by atoms with Gasteiger partial charge in [-0.2, -0.15) is 0 Å². The first-order valence-electron chi connectivity index (χ1n) is 14.1. The number of para-hydroxylation sites is 1. The van der Waals surface area contributed by atoms with Crippen molar-refractivity contribution in [3.05, 3.63) is 140 Å². The summed E-state index contributed by atoms with van der Waals surface area (Å²) >= 11 is 0. The molecule has 3 heterocycles. The second-order valence-corrected chi connectivity index (χ2v) is 10.7. The van der Waals surface area contributed by atoms with Crippen molar-refractivity contribution in [2.24, 2.45) is 0 Å². The Bertz CT molecular complexity index is 2400. The highest BCUT2D eigenvalue weighted by Crippen LogP contribution is 2.39. The van der Waals surface area contributed by atoms with E-state index in [9.17, 15) is 0 Å². The first-order valence-corrected chi connectivity index (χ1v) is 14.1. The zero-order valence-electron chi connectivity index (χ0n) is 22.5. The van der Waals surface area contributed by atoms with E-state index in [0.717, 1.165) is 61.0 Å². The van der Waals surface area contributed by atoms with Gasteiger partial charge in [-0.3, -0.25) is 4.57 Å². The van der Waals surface area contributed by atoms with Crippen LogP contribution in [0, 0.1) is 0 Å². The average Bonchev–Trinajstić information content (AvgIpc) is 3.57. The summed E-state index contributed by atoms with van der Waals surface area (Å²) in [5.41, 5.74) is 6.79. The molecule has 0 N–H and O–H groups in total. The van der Waals surface area contributed by atoms with Gasteiger partial charge >= 0.3 is 0 Å². The van der Waals surface area contributed by atoms with Crippen LogP contribution in [0.2, 0.25) is 0 Å². The van der Waals surface area contributed by atoms with Crippen LogP contribution in [0.15, 0.2) is 144 Å². The molecule has 0 spiro atoms. The third kappa shape index (κ3) is 3.49. The lowest BCUT2D eigenvalue weighted by molar-refractivity contribution is 0.670. The summed E-state index contributed by atoms with van der Waals surface area (Å²) < 4.78 is 8.74. The number of benzene rings is 6. The van der Waals surface area contributed by atoms with E-state index in [-0.39, 0.29) is 0 Å². The first kappa shape index (κ1) is 23.0. The van der Waals surface area contributed by atoms with Gasteiger partial charge in [0, 0.05) is 44.8 Å². The second-order valence-electron chi connectivity index (χ2n) is 10.7. The quantitative estimate of drug-likeness (QED) is 0.225. The van der Waals surface area contributed by atoms with Crippen molar-refractivity contribution in [3.8, 4) is 28.5 Å². The summed E-state index contributed by atoms with van der Waals surface area (Å²) in [4.78, 5) is 10.2. The molecule has 0 radical (unpaired) electrons. The molecule has 196 valence electrons. The number of hydrogen-bond acceptors (Lipinski definition) is 3. The highest BCUT2D eigenvalue weighted by molar-refractivity contribution is 6.18. The molecule has 9 rings (SSSR count). The molecule has 0 saturated heterocycles. The molecule has 0 amide bonds. The zero-order valence-corrected chi connectivity index (χ0v) is 22.5. The van der Waals surface area contributed by atoms with Crippen molar-refractivity contribution in [2.45, 2.75) is 0 Å². The molecule has 4 heteroatoms. The van der Waals surface area contributed by atoms with E-state index < -0.39 is 0 Å². The van der Waals surface area contributed by atoms with Crippen LogP contribution in [-0.4, -0.2) is 14.5 Å². The van der Waals surface area contributed by atoms with Crippen LogP contribution in [0.3, 0.4) is 0 Å². The minimum absolute atomic E-state index is 0.689. The average molecular weight is 538 g/mol. The first-order chi connectivity index (χ1) is 20.8. The number of fused-ring (bicyclic) bond motifs is 7. The molecule has 3 aromatic heterocycles. The van der Waals surface area contributed by atoms with E-state index in [1.807, 2.05) is 36.4 Å². The molecule has 0 unspecified atom stereocenters. The molecule has 0 fully saturated rings. The SMILES string of the molecule is c1ccc(-c2cc(-n3c4ccccc4c4cc5c(cc43)oc3cc4ccccc4cc35)nc(-c3ccccc3)n2)cc1. The van der Waals surface area contributed by atoms with Gasteiger partial charge in [0.05, 0.1) is 16.7 Å². The van der Waals surface area contributed by atoms with Gasteiger partial charge in [-0.15, -0.1) is 0 Å². The Hall–Kier alpha value is -5.74. The standard InChI is InChI=1S/C38H23N3O/c1-3-11-24(12-4-1)32-22-37(40-38(39-32)25-13-5-2-6-14-25)41-33-18-10-9-17-28(33)29-21-31-30-19-26-15-7-8-16-27(26)20-35(30)42-36(31)23-34(29)41/h1-23H. The molecule has 0 atom stereocenters. The summed E-state index contributed by atoms with van der Waals surface area (Å²) in [5, 5.41) is 6.95. The summed E-state index contributed by atoms with van der Waals surface area (Å²) in [6, 6.07) is 48.4. The fraction of sp³-hybridized carbons (Fsp3) is 0. The Morgan fingerprint density at radius 2 is 1.10 bits per heavy atom. The molecule has 6 aromatic carbocycles. The van der Waals surface area contributed by atoms with Crippen molar-refractivity contribution >= 4 is 54.5 Å². The summed E-state index contributed by atoms with van der Waals surface area (Å²) in [7, 11) is 0. The summed E-state index contributed by atoms with van der Waals surface area (Å²) in [6.45, 7) is 0. The summed E-state index contributed by atoms with van der Waals surface area (Å²) in [5.74, 6) is 1.50. The normalized spacial score (nSPS) is 11.8. The van der Waals surface area contributed by atoms with Crippen molar-refractivity contribution in [1.29, 1.82) is 0 Å². The fourth-order valence-corrected chi connectivity index (χ4v) is 6.19. The third-order valence-corrected chi connectivity index (χ3v) is 8.18. The molecule has 42 heavy (non-hydrogen) atoms. The number of rotatable bonds is 3. The summed E-state index contributed by atoms with van der Waals surface area (Å²) in [6.07, 6.45) is 0. The molecule has 4 nitrogen and oxygen atoms in total. The van der Waals surface area contributed by atoms with E-state index in [1.54, 1.807) is 0 Å². The van der Waals surface area contributed by atoms with Crippen LogP contribution in [-0.2, 0) is 0 Å². The van der Waals surface area contributed by atoms with Crippen LogP contribution in [0.25, 0.3) is 83.0 Å². The van der Waals surface area contributed by atoms with Crippen LogP contribution >= 0.6 is 0 Å². The lowest BCUT2D eigenvalue weighted by Gasteiger charge is -2.12. The molecule has 0 aliphatic carbocycles. The monoisotopic (exact) mass is 537 g/mol. The van der Waals surface area contributed by atoms with Gasteiger partial charge in [0.25, 0.3) is 0 Å². The Morgan fingerprint density at radius 3 is 1.90 bits per heavy atom. The van der Waals surface area contributed by atoms with E-state index in [4.69, 9.17) is 14.4 Å². The molecular formula is C38H23N3O. The molecule has 0 bridgehead atoms. The lowest BCUT2D eigenvalue weighted by Crippen LogP contribution is -2.02. The molecule has 9 aromatic rings. The number of furan rings is 1. The maximum absolute atomic E-state index is 6.50. The van der Waals surface area contributed by atoms with E-state index in [2.05, 4.69) is 108 Å². The number of aromatic nitrogens is 3. The third-order valence-electron chi connectivity index (χ3n) is 8.18. The van der Waals surface area contributed by atoms with E-state index >= 15 is 0 Å². The predicted molar refractivity (Wildman–Crippen MR) is 172 cm³/mol. The molecule has 0 aliphatic heterocycles. The van der Waals surface area contributed by atoms with Crippen molar-refractivity contribution < 1.29 is 4.42 Å². The van der Waals surface area contributed by atoms with Crippen LogP contribution in [0.5, 0.6) is 0 Å². The van der Waals surface area contributed by atoms with Gasteiger partial charge in [-0.25, -0.2) is 9.97 Å². The lowest BCUT2D eigenvalue weighted by atomic mass is 10.0. The van der Waals surface area contributed by atoms with E-state index in [1.165, 1.54) is 16.2 Å². The van der Waals surface area contributed by atoms with Crippen molar-refractivity contribution in [3.63, 3.8) is 0 Å². The minimum atomic E-state index is 0.689. The van der Waals surface area contributed by atoms with Gasteiger partial charge in [-0.1, -0.05) is 103 Å².